The van der Waals surface area contributed by atoms with E-state index in [1.54, 1.807) is 0 Å². The minimum absolute atomic E-state index is 0.0884. The number of likely N-dealkylation sites (tertiary alicyclic amines) is 1. The Kier molecular flexibility index (Phi) is 4.87. The quantitative estimate of drug-likeness (QED) is 0.807. The van der Waals surface area contributed by atoms with Crippen molar-refractivity contribution in [3.8, 4) is 0 Å². The number of nitrogens with one attached hydrogen (secondary N) is 1. The zero-order valence-electron chi connectivity index (χ0n) is 11.4. The lowest BCUT2D eigenvalue weighted by atomic mass is 9.97. The van der Waals surface area contributed by atoms with Gasteiger partial charge in [0.15, 0.2) is 0 Å². The van der Waals surface area contributed by atoms with Crippen molar-refractivity contribution >= 4 is 6.03 Å². The summed E-state index contributed by atoms with van der Waals surface area (Å²) in [5.41, 5.74) is 0. The van der Waals surface area contributed by atoms with Crippen molar-refractivity contribution in [3.05, 3.63) is 0 Å². The second-order valence-corrected chi connectivity index (χ2v) is 5.99. The monoisotopic (exact) mass is 254 g/mol. The van der Waals surface area contributed by atoms with Gasteiger partial charge in [0.1, 0.15) is 0 Å². The summed E-state index contributed by atoms with van der Waals surface area (Å²) in [4.78, 5) is 13.9. The molecule has 2 N–H and O–H groups in total. The SMILES string of the molecule is CC1CCN(C(=O)NCC2CCCC2CO)CC1. The molecule has 2 amide bonds. The molecule has 2 rings (SSSR count). The fourth-order valence-corrected chi connectivity index (χ4v) is 3.16. The summed E-state index contributed by atoms with van der Waals surface area (Å²) in [5, 5.41) is 12.3. The van der Waals surface area contributed by atoms with Crippen LogP contribution in [0.4, 0.5) is 4.79 Å². The van der Waals surface area contributed by atoms with Gasteiger partial charge in [-0.15, -0.1) is 0 Å². The number of hydrogen-bond acceptors (Lipinski definition) is 2. The van der Waals surface area contributed by atoms with Gasteiger partial charge >= 0.3 is 6.03 Å². The number of amides is 2. The first kappa shape index (κ1) is 13.7. The normalized spacial score (nSPS) is 29.6. The summed E-state index contributed by atoms with van der Waals surface area (Å²) >= 11 is 0. The third kappa shape index (κ3) is 3.37. The zero-order valence-corrected chi connectivity index (χ0v) is 11.4. The van der Waals surface area contributed by atoms with E-state index in [0.717, 1.165) is 51.2 Å². The number of nitrogens with zero attached hydrogens (tertiary/aromatic N) is 1. The van der Waals surface area contributed by atoms with Gasteiger partial charge in [-0.2, -0.15) is 0 Å². The molecule has 0 aromatic rings. The molecule has 4 nitrogen and oxygen atoms in total. The first-order chi connectivity index (χ1) is 8.70. The minimum atomic E-state index is 0.0884. The second-order valence-electron chi connectivity index (χ2n) is 5.99. The van der Waals surface area contributed by atoms with Gasteiger partial charge in [-0.1, -0.05) is 13.3 Å². The zero-order chi connectivity index (χ0) is 13.0. The molecule has 1 aliphatic heterocycles. The van der Waals surface area contributed by atoms with Crippen LogP contribution in [0.25, 0.3) is 0 Å². The lowest BCUT2D eigenvalue weighted by molar-refractivity contribution is 0.165. The van der Waals surface area contributed by atoms with E-state index in [1.165, 1.54) is 6.42 Å². The number of piperidine rings is 1. The standard InChI is InChI=1S/C14H26N2O2/c1-11-5-7-16(8-6-11)14(18)15-9-12-3-2-4-13(12)10-17/h11-13,17H,2-10H2,1H3,(H,15,18). The number of urea groups is 1. The van der Waals surface area contributed by atoms with E-state index in [4.69, 9.17) is 0 Å². The lowest BCUT2D eigenvalue weighted by Crippen LogP contribution is -2.45. The van der Waals surface area contributed by atoms with Crippen LogP contribution < -0.4 is 5.32 Å². The summed E-state index contributed by atoms with van der Waals surface area (Å²) in [6, 6.07) is 0.0884. The maximum atomic E-state index is 12.0. The van der Waals surface area contributed by atoms with Gasteiger partial charge in [-0.3, -0.25) is 0 Å². The van der Waals surface area contributed by atoms with Crippen LogP contribution in [0.3, 0.4) is 0 Å². The van der Waals surface area contributed by atoms with Crippen LogP contribution in [0.1, 0.15) is 39.0 Å². The molecular formula is C14H26N2O2. The lowest BCUT2D eigenvalue weighted by Gasteiger charge is -2.31. The summed E-state index contributed by atoms with van der Waals surface area (Å²) < 4.78 is 0. The molecule has 2 unspecified atom stereocenters. The Bertz CT molecular complexity index is 275. The van der Waals surface area contributed by atoms with Gasteiger partial charge < -0.3 is 15.3 Å². The Morgan fingerprint density at radius 3 is 2.56 bits per heavy atom. The number of hydrogen-bond donors (Lipinski definition) is 2. The maximum absolute atomic E-state index is 12.0. The molecule has 1 heterocycles. The summed E-state index contributed by atoms with van der Waals surface area (Å²) in [5.74, 6) is 1.62. The molecule has 0 radical (unpaired) electrons. The van der Waals surface area contributed by atoms with Crippen LogP contribution >= 0.6 is 0 Å². The molecular weight excluding hydrogens is 228 g/mol. The Morgan fingerprint density at radius 2 is 1.89 bits per heavy atom. The van der Waals surface area contributed by atoms with Crippen LogP contribution in [-0.2, 0) is 0 Å². The average Bonchev–Trinajstić information content (AvgIpc) is 2.84. The largest absolute Gasteiger partial charge is 0.396 e. The molecule has 4 heteroatoms. The van der Waals surface area contributed by atoms with Crippen molar-refractivity contribution in [1.29, 1.82) is 0 Å². The van der Waals surface area contributed by atoms with E-state index in [2.05, 4.69) is 12.2 Å². The first-order valence-corrected chi connectivity index (χ1v) is 7.34. The predicted molar refractivity (Wildman–Crippen MR) is 71.3 cm³/mol. The topological polar surface area (TPSA) is 52.6 Å². The molecule has 0 aromatic carbocycles. The predicted octanol–water partition coefficient (Wildman–Crippen LogP) is 1.84. The van der Waals surface area contributed by atoms with E-state index in [0.29, 0.717) is 11.8 Å². The van der Waals surface area contributed by atoms with Crippen molar-refractivity contribution in [2.75, 3.05) is 26.2 Å². The molecule has 0 aromatic heterocycles. The third-order valence-corrected chi connectivity index (χ3v) is 4.64. The highest BCUT2D eigenvalue weighted by atomic mass is 16.3. The van der Waals surface area contributed by atoms with E-state index < -0.39 is 0 Å². The minimum Gasteiger partial charge on any atom is -0.396 e. The summed E-state index contributed by atoms with van der Waals surface area (Å²) in [6.07, 6.45) is 5.68. The molecule has 2 aliphatic rings. The van der Waals surface area contributed by atoms with Gasteiger partial charge in [0.05, 0.1) is 0 Å². The Balaban J connectivity index is 1.71. The third-order valence-electron chi connectivity index (χ3n) is 4.64. The highest BCUT2D eigenvalue weighted by Gasteiger charge is 2.27. The van der Waals surface area contributed by atoms with Gasteiger partial charge in [0.2, 0.25) is 0 Å². The molecule has 1 saturated heterocycles. The summed E-state index contributed by atoms with van der Waals surface area (Å²) in [6.45, 7) is 5.03. The fourth-order valence-electron chi connectivity index (χ4n) is 3.16. The fraction of sp³-hybridized carbons (Fsp3) is 0.929. The Hall–Kier alpha value is -0.770. The van der Waals surface area contributed by atoms with Crippen LogP contribution in [-0.4, -0.2) is 42.3 Å². The van der Waals surface area contributed by atoms with E-state index >= 15 is 0 Å². The van der Waals surface area contributed by atoms with Crippen LogP contribution in [0, 0.1) is 17.8 Å². The Labute approximate surface area is 110 Å². The Morgan fingerprint density at radius 1 is 1.22 bits per heavy atom. The second kappa shape index (κ2) is 6.41. The van der Waals surface area contributed by atoms with Crippen LogP contribution in [0.15, 0.2) is 0 Å². The summed E-state index contributed by atoms with van der Waals surface area (Å²) in [7, 11) is 0. The molecule has 2 fully saturated rings. The van der Waals surface area contributed by atoms with Gasteiger partial charge in [-0.05, 0) is 43.4 Å². The molecule has 18 heavy (non-hydrogen) atoms. The number of aliphatic hydroxyl groups is 1. The van der Waals surface area contributed by atoms with Crippen molar-refractivity contribution in [3.63, 3.8) is 0 Å². The van der Waals surface area contributed by atoms with Crippen LogP contribution in [0.5, 0.6) is 0 Å². The van der Waals surface area contributed by atoms with Crippen LogP contribution in [0.2, 0.25) is 0 Å². The van der Waals surface area contributed by atoms with Gasteiger partial charge in [0, 0.05) is 26.2 Å². The van der Waals surface area contributed by atoms with Gasteiger partial charge in [-0.25, -0.2) is 4.79 Å². The number of aliphatic hydroxyl groups excluding tert-OH is 1. The molecule has 1 saturated carbocycles. The van der Waals surface area contributed by atoms with E-state index in [1.807, 2.05) is 4.90 Å². The number of carbonyl (C=O) groups is 1. The van der Waals surface area contributed by atoms with Crippen molar-refractivity contribution < 1.29 is 9.90 Å². The molecule has 0 spiro atoms. The van der Waals surface area contributed by atoms with Crippen molar-refractivity contribution in [2.24, 2.45) is 17.8 Å². The highest BCUT2D eigenvalue weighted by Crippen LogP contribution is 2.30. The number of rotatable bonds is 3. The molecule has 1 aliphatic carbocycles. The maximum Gasteiger partial charge on any atom is 0.317 e. The first-order valence-electron chi connectivity index (χ1n) is 7.34. The molecule has 2 atom stereocenters. The van der Waals surface area contributed by atoms with Crippen molar-refractivity contribution in [1.82, 2.24) is 10.2 Å². The van der Waals surface area contributed by atoms with E-state index in [9.17, 15) is 9.90 Å². The smallest absolute Gasteiger partial charge is 0.317 e. The van der Waals surface area contributed by atoms with Gasteiger partial charge in [0.25, 0.3) is 0 Å². The van der Waals surface area contributed by atoms with Crippen molar-refractivity contribution in [2.45, 2.75) is 39.0 Å². The molecule has 0 bridgehead atoms. The average molecular weight is 254 g/mol. The van der Waals surface area contributed by atoms with E-state index in [-0.39, 0.29) is 12.6 Å². The highest BCUT2D eigenvalue weighted by molar-refractivity contribution is 5.74. The molecule has 104 valence electrons. The number of carbonyl (C=O) groups excluding carboxylic acids is 1.